The third-order valence-electron chi connectivity index (χ3n) is 4.01. The van der Waals surface area contributed by atoms with Gasteiger partial charge in [-0.15, -0.1) is 24.0 Å². The van der Waals surface area contributed by atoms with Gasteiger partial charge in [-0.3, -0.25) is 4.99 Å². The van der Waals surface area contributed by atoms with Gasteiger partial charge in [-0.25, -0.2) is 4.98 Å². The Bertz CT molecular complexity index is 641. The van der Waals surface area contributed by atoms with Crippen molar-refractivity contribution >= 4 is 29.9 Å². The number of aromatic nitrogens is 2. The minimum absolute atomic E-state index is 0. The van der Waals surface area contributed by atoms with Crippen LogP contribution in [0.2, 0.25) is 0 Å². The van der Waals surface area contributed by atoms with Gasteiger partial charge in [0.1, 0.15) is 0 Å². The van der Waals surface area contributed by atoms with Gasteiger partial charge in [-0.1, -0.05) is 38.1 Å². The summed E-state index contributed by atoms with van der Waals surface area (Å²) in [5, 5.41) is 6.60. The number of nitrogens with zero attached hydrogens (tertiary/aromatic N) is 3. The summed E-state index contributed by atoms with van der Waals surface area (Å²) in [7, 11) is 1.78. The molecule has 2 rings (SSSR count). The van der Waals surface area contributed by atoms with Gasteiger partial charge >= 0.3 is 0 Å². The Hall–Kier alpha value is -1.61. The third-order valence-corrected chi connectivity index (χ3v) is 4.01. The summed E-state index contributed by atoms with van der Waals surface area (Å²) in [5.41, 5.74) is 2.48. The molecule has 0 saturated heterocycles. The molecule has 0 fully saturated rings. The summed E-state index contributed by atoms with van der Waals surface area (Å²) in [6, 6.07) is 8.58. The lowest BCUT2D eigenvalue weighted by atomic mass is 10.1. The fourth-order valence-electron chi connectivity index (χ4n) is 2.42. The van der Waals surface area contributed by atoms with E-state index in [2.05, 4.69) is 63.3 Å². The second-order valence-corrected chi connectivity index (χ2v) is 6.70. The number of nitrogens with one attached hydrogen (secondary N) is 2. The van der Waals surface area contributed by atoms with Crippen molar-refractivity contribution in [2.24, 2.45) is 10.9 Å². The predicted octanol–water partition coefficient (Wildman–Crippen LogP) is 3.28. The van der Waals surface area contributed by atoms with E-state index in [0.717, 1.165) is 38.6 Å². The van der Waals surface area contributed by atoms with Crippen molar-refractivity contribution in [3.63, 3.8) is 0 Å². The number of hydrogen-bond acceptors (Lipinski definition) is 3. The molecule has 0 saturated carbocycles. The highest BCUT2D eigenvalue weighted by atomic mass is 127. The average Bonchev–Trinajstić information content (AvgIpc) is 3.14. The van der Waals surface area contributed by atoms with E-state index in [9.17, 15) is 0 Å². The monoisotopic (exact) mass is 485 g/mol. The molecule has 0 aliphatic rings. The quantitative estimate of drug-likeness (QED) is 0.235. The summed E-state index contributed by atoms with van der Waals surface area (Å²) in [5.74, 6) is 1.48. The largest absolute Gasteiger partial charge is 0.380 e. The van der Waals surface area contributed by atoms with E-state index < -0.39 is 0 Å². The van der Waals surface area contributed by atoms with Gasteiger partial charge in [0, 0.05) is 45.7 Å². The maximum absolute atomic E-state index is 5.61. The number of guanidine groups is 1. The lowest BCUT2D eigenvalue weighted by Crippen LogP contribution is -2.38. The van der Waals surface area contributed by atoms with Crippen LogP contribution in [-0.4, -0.2) is 42.3 Å². The molecule has 150 valence electrons. The average molecular weight is 485 g/mol. The van der Waals surface area contributed by atoms with E-state index in [-0.39, 0.29) is 24.0 Å². The highest BCUT2D eigenvalue weighted by Crippen LogP contribution is 2.06. The molecule has 0 aliphatic heterocycles. The second kappa shape index (κ2) is 13.5. The maximum Gasteiger partial charge on any atom is 0.191 e. The first kappa shape index (κ1) is 23.4. The van der Waals surface area contributed by atoms with Crippen LogP contribution in [0.15, 0.2) is 48.0 Å². The van der Waals surface area contributed by atoms with Crippen LogP contribution >= 0.6 is 24.0 Å². The zero-order chi connectivity index (χ0) is 18.6. The summed E-state index contributed by atoms with van der Waals surface area (Å²) >= 11 is 0. The van der Waals surface area contributed by atoms with Gasteiger partial charge in [0.15, 0.2) is 5.96 Å². The molecule has 1 heterocycles. The van der Waals surface area contributed by atoms with Crippen molar-refractivity contribution < 1.29 is 4.74 Å². The first-order valence-corrected chi connectivity index (χ1v) is 9.23. The standard InChI is InChI=1S/C20H31N5O.HI/c1-17(2)8-12-26-13-10-23-20(21-3)24-14-18-4-6-19(7-5-18)15-25-11-9-22-16-25;/h4-7,9,11,16-17H,8,10,12-15H2,1-3H3,(H2,21,23,24);1H. The number of aliphatic imine (C=N–C) groups is 1. The third kappa shape index (κ3) is 9.76. The van der Waals surface area contributed by atoms with Crippen LogP contribution in [0.25, 0.3) is 0 Å². The molecule has 0 aliphatic carbocycles. The zero-order valence-corrected chi connectivity index (χ0v) is 18.8. The van der Waals surface area contributed by atoms with Crippen LogP contribution in [0.5, 0.6) is 0 Å². The number of imidazole rings is 1. The highest BCUT2D eigenvalue weighted by Gasteiger charge is 2.00. The molecule has 0 bridgehead atoms. The minimum atomic E-state index is 0. The van der Waals surface area contributed by atoms with Crippen molar-refractivity contribution in [1.82, 2.24) is 20.2 Å². The molecule has 6 nitrogen and oxygen atoms in total. The van der Waals surface area contributed by atoms with E-state index in [4.69, 9.17) is 4.74 Å². The zero-order valence-electron chi connectivity index (χ0n) is 16.5. The van der Waals surface area contributed by atoms with Gasteiger partial charge in [-0.2, -0.15) is 0 Å². The SMILES string of the molecule is CN=C(NCCOCCC(C)C)NCc1ccc(Cn2ccnc2)cc1.I. The molecule has 0 radical (unpaired) electrons. The Kier molecular flexibility index (Phi) is 11.8. The highest BCUT2D eigenvalue weighted by molar-refractivity contribution is 14.0. The lowest BCUT2D eigenvalue weighted by Gasteiger charge is -2.13. The smallest absolute Gasteiger partial charge is 0.191 e. The fourth-order valence-corrected chi connectivity index (χ4v) is 2.42. The molecule has 2 N–H and O–H groups in total. The number of hydrogen-bond donors (Lipinski definition) is 2. The first-order chi connectivity index (χ1) is 12.7. The molecule has 0 atom stereocenters. The van der Waals surface area contributed by atoms with E-state index in [1.807, 2.05) is 12.5 Å². The van der Waals surface area contributed by atoms with Gasteiger partial charge in [0.05, 0.1) is 12.9 Å². The number of halogens is 1. The molecule has 2 aromatic rings. The van der Waals surface area contributed by atoms with Crippen molar-refractivity contribution in [2.45, 2.75) is 33.4 Å². The topological polar surface area (TPSA) is 63.5 Å². The van der Waals surface area contributed by atoms with Gasteiger partial charge in [0.2, 0.25) is 0 Å². The van der Waals surface area contributed by atoms with Crippen LogP contribution in [0.3, 0.4) is 0 Å². The normalized spacial score (nSPS) is 11.3. The molecule has 0 spiro atoms. The van der Waals surface area contributed by atoms with Crippen LogP contribution in [0, 0.1) is 5.92 Å². The Labute approximate surface area is 179 Å². The number of benzene rings is 1. The van der Waals surface area contributed by atoms with E-state index in [1.54, 1.807) is 13.2 Å². The van der Waals surface area contributed by atoms with Crippen LogP contribution in [0.1, 0.15) is 31.4 Å². The molecular weight excluding hydrogens is 453 g/mol. The molecule has 27 heavy (non-hydrogen) atoms. The molecule has 7 heteroatoms. The van der Waals surface area contributed by atoms with Gasteiger partial charge in [-0.05, 0) is 23.5 Å². The maximum atomic E-state index is 5.61. The van der Waals surface area contributed by atoms with Crippen LogP contribution in [-0.2, 0) is 17.8 Å². The van der Waals surface area contributed by atoms with Crippen LogP contribution in [0.4, 0.5) is 0 Å². The second-order valence-electron chi connectivity index (χ2n) is 6.70. The predicted molar refractivity (Wildman–Crippen MR) is 122 cm³/mol. The number of ether oxygens (including phenoxy) is 1. The van der Waals surface area contributed by atoms with Crippen LogP contribution < -0.4 is 10.6 Å². The molecule has 1 aromatic carbocycles. The fraction of sp³-hybridized carbons (Fsp3) is 0.500. The van der Waals surface area contributed by atoms with Crippen molar-refractivity contribution in [1.29, 1.82) is 0 Å². The Morgan fingerprint density at radius 3 is 2.52 bits per heavy atom. The number of rotatable bonds is 10. The summed E-state index contributed by atoms with van der Waals surface area (Å²) < 4.78 is 7.66. The molecule has 0 amide bonds. The van der Waals surface area contributed by atoms with Gasteiger partial charge in [0.25, 0.3) is 0 Å². The first-order valence-electron chi connectivity index (χ1n) is 9.23. The minimum Gasteiger partial charge on any atom is -0.380 e. The molecular formula is C20H32IN5O. The van der Waals surface area contributed by atoms with E-state index in [0.29, 0.717) is 12.5 Å². The molecule has 0 unspecified atom stereocenters. The Balaban J connectivity index is 0.00000364. The Morgan fingerprint density at radius 1 is 1.15 bits per heavy atom. The van der Waals surface area contributed by atoms with Crippen molar-refractivity contribution in [3.8, 4) is 0 Å². The summed E-state index contributed by atoms with van der Waals surface area (Å²) in [4.78, 5) is 8.31. The van der Waals surface area contributed by atoms with Crippen molar-refractivity contribution in [3.05, 3.63) is 54.1 Å². The lowest BCUT2D eigenvalue weighted by molar-refractivity contribution is 0.128. The molecule has 1 aromatic heterocycles. The van der Waals surface area contributed by atoms with Gasteiger partial charge < -0.3 is 19.9 Å². The van der Waals surface area contributed by atoms with E-state index in [1.165, 1.54) is 11.1 Å². The van der Waals surface area contributed by atoms with Crippen molar-refractivity contribution in [2.75, 3.05) is 26.8 Å². The summed E-state index contributed by atoms with van der Waals surface area (Å²) in [6.07, 6.45) is 6.70. The van der Waals surface area contributed by atoms with E-state index >= 15 is 0 Å². The summed E-state index contributed by atoms with van der Waals surface area (Å²) in [6.45, 7) is 8.25. The Morgan fingerprint density at radius 2 is 1.89 bits per heavy atom.